The molecule has 0 aliphatic carbocycles. The first-order chi connectivity index (χ1) is 25.4. The number of halogens is 10. The minimum Gasteiger partial charge on any atom is -0.497 e. The van der Waals surface area contributed by atoms with E-state index in [0.29, 0.717) is 57.1 Å². The summed E-state index contributed by atoms with van der Waals surface area (Å²) in [5, 5.41) is 13.8. The Morgan fingerprint density at radius 1 is 0.377 bits per heavy atom. The Balaban J connectivity index is 1.25. The van der Waals surface area contributed by atoms with E-state index in [1.54, 1.807) is 12.1 Å². The summed E-state index contributed by atoms with van der Waals surface area (Å²) in [5.74, 6) is -22.2. The predicted octanol–water partition coefficient (Wildman–Crippen LogP) is 7.23. The Labute approximate surface area is 299 Å². The fraction of sp³-hybridized carbons (Fsp3) is 0.526. The van der Waals surface area contributed by atoms with Gasteiger partial charge in [-0.25, -0.2) is 43.9 Å². The van der Waals surface area contributed by atoms with Crippen LogP contribution < -0.4 is 26.0 Å². The molecule has 0 spiro atoms. The molecule has 286 valence electrons. The minimum absolute atomic E-state index is 0.316. The second kappa shape index (κ2) is 14.0. The molecule has 5 fully saturated rings. The van der Waals surface area contributed by atoms with E-state index in [4.69, 9.17) is 4.74 Å². The third-order valence-electron chi connectivity index (χ3n) is 12.6. The van der Waals surface area contributed by atoms with E-state index in [2.05, 4.69) is 21.3 Å². The lowest BCUT2D eigenvalue weighted by Gasteiger charge is -2.35. The maximum Gasteiger partial charge on any atom is 0.200 e. The van der Waals surface area contributed by atoms with Crippen molar-refractivity contribution in [1.29, 1.82) is 0 Å². The van der Waals surface area contributed by atoms with E-state index in [9.17, 15) is 26.3 Å². The van der Waals surface area contributed by atoms with Gasteiger partial charge in [0.25, 0.3) is 0 Å². The number of methoxy groups -OCH3 is 1. The van der Waals surface area contributed by atoms with Crippen LogP contribution in [0.3, 0.4) is 0 Å². The van der Waals surface area contributed by atoms with Crippen LogP contribution in [0.15, 0.2) is 24.3 Å². The second-order valence-corrected chi connectivity index (χ2v) is 15.1. The zero-order valence-electron chi connectivity index (χ0n) is 28.5. The first-order valence-electron chi connectivity index (χ1n) is 18.1. The Morgan fingerprint density at radius 2 is 0.642 bits per heavy atom. The summed E-state index contributed by atoms with van der Waals surface area (Å²) < 4.78 is 156. The molecule has 15 heteroatoms. The van der Waals surface area contributed by atoms with Gasteiger partial charge in [-0.3, -0.25) is 0 Å². The molecule has 5 saturated heterocycles. The predicted molar refractivity (Wildman–Crippen MR) is 173 cm³/mol. The van der Waals surface area contributed by atoms with Crippen molar-refractivity contribution < 1.29 is 48.6 Å². The lowest BCUT2D eigenvalue weighted by atomic mass is 9.82. The molecule has 8 bridgehead atoms. The Bertz CT molecular complexity index is 1730. The van der Waals surface area contributed by atoms with Crippen molar-refractivity contribution in [3.05, 3.63) is 99.1 Å². The lowest BCUT2D eigenvalue weighted by Crippen LogP contribution is -2.50. The fourth-order valence-corrected chi connectivity index (χ4v) is 10.3. The normalized spacial score (nSPS) is 34.0. The molecule has 0 amide bonds. The highest BCUT2D eigenvalue weighted by Gasteiger charge is 2.51. The van der Waals surface area contributed by atoms with Gasteiger partial charge in [-0.05, 0) is 69.1 Å². The maximum absolute atomic E-state index is 15.7. The average Bonchev–Trinajstić information content (AvgIpc) is 4.00. The zero-order chi connectivity index (χ0) is 37.5. The van der Waals surface area contributed by atoms with Crippen LogP contribution in [0.5, 0.6) is 5.75 Å². The molecule has 0 saturated carbocycles. The number of nitrogens with one attached hydrogen (secondary N) is 4. The largest absolute Gasteiger partial charge is 0.497 e. The van der Waals surface area contributed by atoms with Crippen molar-refractivity contribution in [2.24, 2.45) is 0 Å². The molecule has 4 N–H and O–H groups in total. The van der Waals surface area contributed by atoms with Gasteiger partial charge in [0.15, 0.2) is 46.5 Å². The molecule has 53 heavy (non-hydrogen) atoms. The van der Waals surface area contributed by atoms with Crippen molar-refractivity contribution in [3.8, 4) is 5.75 Å². The first kappa shape index (κ1) is 36.6. The third-order valence-corrected chi connectivity index (χ3v) is 12.6. The van der Waals surface area contributed by atoms with Gasteiger partial charge in [0.1, 0.15) is 5.75 Å². The summed E-state index contributed by atoms with van der Waals surface area (Å²) in [7, 11) is 1.51. The Hall–Kier alpha value is -3.40. The quantitative estimate of drug-likeness (QED) is 0.129. The molecule has 10 atom stereocenters. The molecular weight excluding hydrogens is 718 g/mol. The fourth-order valence-electron chi connectivity index (χ4n) is 10.3. The number of hydrogen-bond acceptors (Lipinski definition) is 5. The number of ether oxygens (including phenoxy) is 1. The van der Waals surface area contributed by atoms with E-state index in [1.165, 1.54) is 7.11 Å². The first-order valence-corrected chi connectivity index (χ1v) is 18.1. The van der Waals surface area contributed by atoms with Crippen LogP contribution in [0.1, 0.15) is 85.8 Å². The van der Waals surface area contributed by atoms with Gasteiger partial charge in [0, 0.05) is 77.2 Å². The Kier molecular flexibility index (Phi) is 9.68. The zero-order valence-corrected chi connectivity index (χ0v) is 28.5. The van der Waals surface area contributed by atoms with E-state index >= 15 is 17.6 Å². The summed E-state index contributed by atoms with van der Waals surface area (Å²) in [5.41, 5.74) is -0.957. The van der Waals surface area contributed by atoms with Crippen LogP contribution in [0, 0.1) is 58.2 Å². The van der Waals surface area contributed by atoms with Crippen LogP contribution in [0.2, 0.25) is 0 Å². The molecule has 0 aromatic heterocycles. The maximum atomic E-state index is 15.7. The molecule has 5 aliphatic rings. The number of benzene rings is 3. The molecule has 3 aromatic rings. The highest BCUT2D eigenvalue weighted by molar-refractivity contribution is 5.36. The standard InChI is InChI=1S/C38H38F10N4O/c1-53-15-4-2-14(3-5-15)24-18-10-12-22(51-18)25(27-29(39)33(43)37(47)34(44)30(27)40)20-8-6-16(49-20)17-7-9-21(50-17)26(23-13-11-19(24)52-23)28-31(41)35(45)38(48)36(46)32(28)42/h2-5,16-26,49-52H,6-13H2,1H3. The summed E-state index contributed by atoms with van der Waals surface area (Å²) in [6.45, 7) is 0. The molecule has 0 radical (unpaired) electrons. The lowest BCUT2D eigenvalue weighted by molar-refractivity contribution is 0.306. The number of rotatable bonds is 4. The van der Waals surface area contributed by atoms with E-state index in [1.807, 2.05) is 12.1 Å². The van der Waals surface area contributed by atoms with Gasteiger partial charge in [0.2, 0.25) is 11.6 Å². The summed E-state index contributed by atoms with van der Waals surface area (Å²) >= 11 is 0. The smallest absolute Gasteiger partial charge is 0.200 e. The monoisotopic (exact) mass is 756 g/mol. The van der Waals surface area contributed by atoms with Crippen LogP contribution in [-0.2, 0) is 0 Å². The molecule has 5 nitrogen and oxygen atoms in total. The van der Waals surface area contributed by atoms with Crippen molar-refractivity contribution >= 4 is 0 Å². The van der Waals surface area contributed by atoms with Gasteiger partial charge < -0.3 is 26.0 Å². The minimum atomic E-state index is -2.23. The molecule has 5 heterocycles. The SMILES string of the molecule is COc1ccc(C2C3CCC(N3)C(c3c(F)c(F)c(F)c(F)c3F)C3CCC(N3)C3CCC(N3)C(c3c(F)c(F)c(F)c(F)c3F)C3CCC2N3)cc1. The van der Waals surface area contributed by atoms with Crippen molar-refractivity contribution in [3.63, 3.8) is 0 Å². The van der Waals surface area contributed by atoms with Gasteiger partial charge >= 0.3 is 0 Å². The highest BCUT2D eigenvalue weighted by Crippen LogP contribution is 2.46. The van der Waals surface area contributed by atoms with Crippen LogP contribution in [-0.4, -0.2) is 55.4 Å². The molecule has 8 rings (SSSR count). The van der Waals surface area contributed by atoms with E-state index < -0.39 is 123 Å². The molecule has 10 unspecified atom stereocenters. The summed E-state index contributed by atoms with van der Waals surface area (Å²) in [4.78, 5) is 0. The molecular formula is C38H38F10N4O. The van der Waals surface area contributed by atoms with Crippen molar-refractivity contribution in [1.82, 2.24) is 21.3 Å². The van der Waals surface area contributed by atoms with Crippen LogP contribution in [0.25, 0.3) is 0 Å². The average molecular weight is 757 g/mol. The molecule has 5 aliphatic heterocycles. The second-order valence-electron chi connectivity index (χ2n) is 15.1. The number of fused-ring (bicyclic) bond motifs is 9. The van der Waals surface area contributed by atoms with Crippen LogP contribution >= 0.6 is 0 Å². The van der Waals surface area contributed by atoms with Gasteiger partial charge in [0.05, 0.1) is 7.11 Å². The Morgan fingerprint density at radius 3 is 0.962 bits per heavy atom. The summed E-state index contributed by atoms with van der Waals surface area (Å²) in [6, 6.07) is 2.74. The third kappa shape index (κ3) is 6.00. The van der Waals surface area contributed by atoms with Crippen LogP contribution in [0.4, 0.5) is 43.9 Å². The highest BCUT2D eigenvalue weighted by atomic mass is 19.2. The molecule has 3 aromatic carbocycles. The van der Waals surface area contributed by atoms with Crippen molar-refractivity contribution in [2.45, 2.75) is 117 Å². The van der Waals surface area contributed by atoms with E-state index in [0.717, 1.165) is 5.56 Å². The van der Waals surface area contributed by atoms with E-state index in [-0.39, 0.29) is 12.1 Å². The summed E-state index contributed by atoms with van der Waals surface area (Å²) in [6.07, 6.45) is 3.05. The number of hydrogen-bond donors (Lipinski definition) is 4. The van der Waals surface area contributed by atoms with Gasteiger partial charge in [-0.15, -0.1) is 0 Å². The topological polar surface area (TPSA) is 57.4 Å². The van der Waals surface area contributed by atoms with Crippen molar-refractivity contribution in [2.75, 3.05) is 7.11 Å². The van der Waals surface area contributed by atoms with Gasteiger partial charge in [-0.1, -0.05) is 12.1 Å². The van der Waals surface area contributed by atoms with Gasteiger partial charge in [-0.2, -0.15) is 0 Å².